The van der Waals surface area contributed by atoms with E-state index in [9.17, 15) is 17.6 Å². The maximum absolute atomic E-state index is 13.6. The van der Waals surface area contributed by atoms with Gasteiger partial charge in [0, 0.05) is 27.5 Å². The van der Waals surface area contributed by atoms with E-state index in [4.69, 9.17) is 0 Å². The molecule has 0 spiro atoms. The maximum atomic E-state index is 13.6. The average molecular weight is 565 g/mol. The summed E-state index contributed by atoms with van der Waals surface area (Å²) in [4.78, 5) is 13.9. The number of sulfonamides is 1. The number of carbonyl (C=O) groups is 1. The summed E-state index contributed by atoms with van der Waals surface area (Å²) < 4.78 is 43.5. The highest BCUT2D eigenvalue weighted by atomic mass is 32.2. The Morgan fingerprint density at radius 1 is 1.00 bits per heavy atom. The fraction of sp³-hybridized carbons (Fsp3) is 0.172. The molecule has 0 saturated heterocycles. The number of thioether (sulfide) groups is 1. The summed E-state index contributed by atoms with van der Waals surface area (Å²) in [6.07, 6.45) is 3.42. The van der Waals surface area contributed by atoms with Crippen molar-refractivity contribution in [3.8, 4) is 5.69 Å². The van der Waals surface area contributed by atoms with Crippen molar-refractivity contribution in [1.82, 2.24) is 9.99 Å². The summed E-state index contributed by atoms with van der Waals surface area (Å²) in [7, 11) is -4.03. The molecule has 202 valence electrons. The molecule has 1 amide bonds. The zero-order valence-electron chi connectivity index (χ0n) is 22.1. The molecular weight excluding hydrogens is 535 g/mol. The van der Waals surface area contributed by atoms with Crippen LogP contribution in [0.1, 0.15) is 22.5 Å². The van der Waals surface area contributed by atoms with Gasteiger partial charge >= 0.3 is 0 Å². The summed E-state index contributed by atoms with van der Waals surface area (Å²) in [5, 5.41) is 4.08. The Labute approximate surface area is 232 Å². The number of hydrogen-bond donors (Lipinski definition) is 1. The lowest BCUT2D eigenvalue weighted by Crippen LogP contribution is -2.39. The average Bonchev–Trinajstić information content (AvgIpc) is 3.21. The number of carbonyl (C=O) groups excluding carboxylic acids is 1. The van der Waals surface area contributed by atoms with E-state index in [-0.39, 0.29) is 10.7 Å². The molecule has 4 aromatic rings. The number of halogens is 1. The van der Waals surface area contributed by atoms with Gasteiger partial charge in [0.25, 0.3) is 15.9 Å². The van der Waals surface area contributed by atoms with Gasteiger partial charge < -0.3 is 4.57 Å². The van der Waals surface area contributed by atoms with Gasteiger partial charge in [0.05, 0.1) is 16.8 Å². The molecule has 0 aliphatic heterocycles. The van der Waals surface area contributed by atoms with Crippen molar-refractivity contribution in [1.29, 1.82) is 0 Å². The van der Waals surface area contributed by atoms with Gasteiger partial charge in [0.2, 0.25) is 0 Å². The molecule has 1 N–H and O–H groups in total. The van der Waals surface area contributed by atoms with E-state index >= 15 is 0 Å². The minimum absolute atomic E-state index is 0.0883. The molecule has 39 heavy (non-hydrogen) atoms. The lowest BCUT2D eigenvalue weighted by atomic mass is 10.2. The third kappa shape index (κ3) is 6.40. The second kappa shape index (κ2) is 11.9. The highest BCUT2D eigenvalue weighted by Crippen LogP contribution is 2.26. The summed E-state index contributed by atoms with van der Waals surface area (Å²) >= 11 is 1.51. The summed E-state index contributed by atoms with van der Waals surface area (Å²) in [5.74, 6) is -0.909. The first kappa shape index (κ1) is 28.1. The number of rotatable bonds is 9. The van der Waals surface area contributed by atoms with Gasteiger partial charge in [-0.25, -0.2) is 18.2 Å². The van der Waals surface area contributed by atoms with Crippen LogP contribution >= 0.6 is 11.8 Å². The zero-order valence-corrected chi connectivity index (χ0v) is 23.7. The zero-order chi connectivity index (χ0) is 28.2. The van der Waals surface area contributed by atoms with E-state index in [1.165, 1.54) is 42.2 Å². The lowest BCUT2D eigenvalue weighted by molar-refractivity contribution is -0.119. The van der Waals surface area contributed by atoms with E-state index in [2.05, 4.69) is 10.5 Å². The van der Waals surface area contributed by atoms with Crippen molar-refractivity contribution in [2.24, 2.45) is 5.10 Å². The van der Waals surface area contributed by atoms with Crippen LogP contribution in [0.5, 0.6) is 0 Å². The molecule has 0 aliphatic carbocycles. The van der Waals surface area contributed by atoms with Crippen LogP contribution in [0.25, 0.3) is 5.69 Å². The Morgan fingerprint density at radius 3 is 2.26 bits per heavy atom. The summed E-state index contributed by atoms with van der Waals surface area (Å²) in [5.41, 5.74) is 7.12. The first-order chi connectivity index (χ1) is 18.6. The standard InChI is InChI=1S/C29H29FN4O3S2/c1-20-5-9-25(10-6-20)33(39(36,37)28-15-13-27(38-4)14-16-28)19-29(35)32-31-18-23-17-21(2)34(22(23)3)26-11-7-24(30)8-12-26/h5-18H,19H2,1-4H3,(H,32,35)/b31-18-. The summed E-state index contributed by atoms with van der Waals surface area (Å²) in [6.45, 7) is 5.26. The van der Waals surface area contributed by atoms with Crippen molar-refractivity contribution >= 4 is 39.6 Å². The van der Waals surface area contributed by atoms with Crippen molar-refractivity contribution in [3.05, 3.63) is 107 Å². The molecule has 1 aromatic heterocycles. The van der Waals surface area contributed by atoms with Gasteiger partial charge in [-0.2, -0.15) is 5.10 Å². The van der Waals surface area contributed by atoms with Crippen LogP contribution in [-0.4, -0.2) is 37.9 Å². The molecule has 0 fully saturated rings. The van der Waals surface area contributed by atoms with E-state index in [0.717, 1.165) is 37.4 Å². The second-order valence-corrected chi connectivity index (χ2v) is 11.7. The minimum Gasteiger partial charge on any atom is -0.318 e. The predicted octanol–water partition coefficient (Wildman–Crippen LogP) is 5.61. The molecule has 0 aliphatic rings. The summed E-state index contributed by atoms with van der Waals surface area (Å²) in [6, 6.07) is 21.5. The first-order valence-corrected chi connectivity index (χ1v) is 14.8. The lowest BCUT2D eigenvalue weighted by Gasteiger charge is -2.24. The van der Waals surface area contributed by atoms with Crippen LogP contribution in [-0.2, 0) is 14.8 Å². The van der Waals surface area contributed by atoms with E-state index < -0.39 is 22.5 Å². The molecule has 4 rings (SSSR count). The largest absolute Gasteiger partial charge is 0.318 e. The van der Waals surface area contributed by atoms with Crippen LogP contribution in [0.2, 0.25) is 0 Å². The predicted molar refractivity (Wildman–Crippen MR) is 155 cm³/mol. The normalized spacial score (nSPS) is 11.6. The van der Waals surface area contributed by atoms with Crippen molar-refractivity contribution in [3.63, 3.8) is 0 Å². The second-order valence-electron chi connectivity index (χ2n) is 8.95. The fourth-order valence-corrected chi connectivity index (χ4v) is 5.98. The molecule has 0 bridgehead atoms. The van der Waals surface area contributed by atoms with Crippen LogP contribution in [0, 0.1) is 26.6 Å². The van der Waals surface area contributed by atoms with Crippen LogP contribution in [0.15, 0.2) is 93.8 Å². The fourth-order valence-electron chi connectivity index (χ4n) is 4.15. The quantitative estimate of drug-likeness (QED) is 0.163. The first-order valence-electron chi connectivity index (χ1n) is 12.1. The van der Waals surface area contributed by atoms with Crippen molar-refractivity contribution in [2.45, 2.75) is 30.6 Å². The van der Waals surface area contributed by atoms with Crippen LogP contribution in [0.3, 0.4) is 0 Å². The van der Waals surface area contributed by atoms with Gasteiger partial charge in [-0.1, -0.05) is 17.7 Å². The Balaban J connectivity index is 1.54. The van der Waals surface area contributed by atoms with Gasteiger partial charge in [-0.05, 0) is 93.8 Å². The number of benzene rings is 3. The molecule has 1 heterocycles. The minimum atomic E-state index is -4.03. The molecule has 0 unspecified atom stereocenters. The topological polar surface area (TPSA) is 83.8 Å². The number of nitrogens with one attached hydrogen (secondary N) is 1. The Hall–Kier alpha value is -3.89. The van der Waals surface area contributed by atoms with Crippen molar-refractivity contribution < 1.29 is 17.6 Å². The Bertz CT molecular complexity index is 1600. The SMILES string of the molecule is CSc1ccc(S(=O)(=O)N(CC(=O)N/N=C\c2cc(C)n(-c3ccc(F)cc3)c2C)c2ccc(C)cc2)cc1. The monoisotopic (exact) mass is 564 g/mol. The number of aromatic nitrogens is 1. The van der Waals surface area contributed by atoms with Crippen LogP contribution < -0.4 is 9.73 Å². The maximum Gasteiger partial charge on any atom is 0.264 e. The highest BCUT2D eigenvalue weighted by molar-refractivity contribution is 7.98. The number of anilines is 1. The highest BCUT2D eigenvalue weighted by Gasteiger charge is 2.27. The van der Waals surface area contributed by atoms with E-state index in [1.807, 2.05) is 37.7 Å². The van der Waals surface area contributed by atoms with Gasteiger partial charge in [-0.15, -0.1) is 11.8 Å². The third-order valence-corrected chi connectivity index (χ3v) is 8.74. The Kier molecular flexibility index (Phi) is 8.57. The number of nitrogens with zero attached hydrogens (tertiary/aromatic N) is 3. The van der Waals surface area contributed by atoms with Crippen LogP contribution in [0.4, 0.5) is 10.1 Å². The van der Waals surface area contributed by atoms with Gasteiger partial charge in [0.15, 0.2) is 0 Å². The number of hydrogen-bond acceptors (Lipinski definition) is 5. The molecule has 0 atom stereocenters. The third-order valence-electron chi connectivity index (χ3n) is 6.20. The van der Waals surface area contributed by atoms with Gasteiger partial charge in [0.1, 0.15) is 12.4 Å². The van der Waals surface area contributed by atoms with E-state index in [1.54, 1.807) is 48.5 Å². The molecule has 10 heteroatoms. The smallest absolute Gasteiger partial charge is 0.264 e. The van der Waals surface area contributed by atoms with Gasteiger partial charge in [-0.3, -0.25) is 9.10 Å². The molecular formula is C29H29FN4O3S2. The number of aryl methyl sites for hydroxylation is 2. The number of hydrazone groups is 1. The molecule has 0 saturated carbocycles. The molecule has 7 nitrogen and oxygen atoms in total. The molecule has 0 radical (unpaired) electrons. The number of amides is 1. The molecule has 3 aromatic carbocycles. The van der Waals surface area contributed by atoms with E-state index in [0.29, 0.717) is 5.69 Å². The Morgan fingerprint density at radius 2 is 1.64 bits per heavy atom. The van der Waals surface area contributed by atoms with Crippen molar-refractivity contribution in [2.75, 3.05) is 17.1 Å².